The second-order valence-electron chi connectivity index (χ2n) is 5.97. The average Bonchev–Trinajstić information content (AvgIpc) is 2.99. The van der Waals surface area contributed by atoms with Crippen molar-refractivity contribution in [2.45, 2.75) is 32.7 Å². The molecule has 3 rings (SSSR count). The first-order chi connectivity index (χ1) is 11.6. The van der Waals surface area contributed by atoms with Gasteiger partial charge in [0.1, 0.15) is 5.82 Å². The van der Waals surface area contributed by atoms with Crippen LogP contribution in [0.15, 0.2) is 12.4 Å². The number of hydrogen-bond acceptors (Lipinski definition) is 6. The molecular formula is C16H23N7O. The molecule has 0 saturated heterocycles. The van der Waals surface area contributed by atoms with Crippen molar-refractivity contribution in [1.82, 2.24) is 24.4 Å². The number of nitrogen functional groups attached to an aromatic ring is 1. The van der Waals surface area contributed by atoms with E-state index in [2.05, 4.69) is 27.2 Å². The molecule has 3 N–H and O–H groups in total. The Morgan fingerprint density at radius 3 is 2.96 bits per heavy atom. The van der Waals surface area contributed by atoms with Gasteiger partial charge in [0.05, 0.1) is 12.2 Å². The smallest absolute Gasteiger partial charge is 0.290 e. The SMILES string of the molecule is CCCCNc1nc(N)nc2c1CCN(C(=O)c1nccn1C)C2. The quantitative estimate of drug-likeness (QED) is 0.799. The molecule has 3 heterocycles. The van der Waals surface area contributed by atoms with Crippen molar-refractivity contribution < 1.29 is 4.79 Å². The maximum absolute atomic E-state index is 12.6. The summed E-state index contributed by atoms with van der Waals surface area (Å²) in [6, 6.07) is 0. The topological polar surface area (TPSA) is 102 Å². The fourth-order valence-corrected chi connectivity index (χ4v) is 2.87. The third-order valence-electron chi connectivity index (χ3n) is 4.20. The second kappa shape index (κ2) is 6.86. The van der Waals surface area contributed by atoms with E-state index in [1.165, 1.54) is 0 Å². The van der Waals surface area contributed by atoms with Gasteiger partial charge in [-0.15, -0.1) is 0 Å². The van der Waals surface area contributed by atoms with E-state index >= 15 is 0 Å². The van der Waals surface area contributed by atoms with Gasteiger partial charge in [0.25, 0.3) is 5.91 Å². The largest absolute Gasteiger partial charge is 0.370 e. The first-order valence-electron chi connectivity index (χ1n) is 8.26. The molecule has 24 heavy (non-hydrogen) atoms. The highest BCUT2D eigenvalue weighted by atomic mass is 16.2. The number of nitrogens with two attached hydrogens (primary N) is 1. The number of hydrogen-bond donors (Lipinski definition) is 2. The number of nitrogens with one attached hydrogen (secondary N) is 1. The van der Waals surface area contributed by atoms with Crippen molar-refractivity contribution in [3.63, 3.8) is 0 Å². The van der Waals surface area contributed by atoms with Crippen LogP contribution < -0.4 is 11.1 Å². The minimum atomic E-state index is -0.0918. The zero-order valence-corrected chi connectivity index (χ0v) is 14.1. The molecule has 1 aliphatic heterocycles. The van der Waals surface area contributed by atoms with Gasteiger partial charge in [-0.1, -0.05) is 13.3 Å². The van der Waals surface area contributed by atoms with E-state index in [1.807, 2.05) is 7.05 Å². The zero-order valence-electron chi connectivity index (χ0n) is 14.1. The molecule has 2 aromatic rings. The predicted octanol–water partition coefficient (Wildman–Crippen LogP) is 1.20. The second-order valence-corrected chi connectivity index (χ2v) is 5.97. The lowest BCUT2D eigenvalue weighted by Gasteiger charge is -2.29. The summed E-state index contributed by atoms with van der Waals surface area (Å²) >= 11 is 0. The summed E-state index contributed by atoms with van der Waals surface area (Å²) in [7, 11) is 1.81. The lowest BCUT2D eigenvalue weighted by molar-refractivity contribution is 0.0716. The molecule has 0 atom stereocenters. The third-order valence-corrected chi connectivity index (χ3v) is 4.20. The highest BCUT2D eigenvalue weighted by Crippen LogP contribution is 2.25. The van der Waals surface area contributed by atoms with E-state index in [0.717, 1.165) is 36.5 Å². The van der Waals surface area contributed by atoms with Gasteiger partial charge < -0.3 is 20.5 Å². The van der Waals surface area contributed by atoms with Crippen molar-refractivity contribution >= 4 is 17.7 Å². The number of fused-ring (bicyclic) bond motifs is 1. The van der Waals surface area contributed by atoms with Gasteiger partial charge in [0, 0.05) is 38.1 Å². The van der Waals surface area contributed by atoms with Crippen LogP contribution in [0.4, 0.5) is 11.8 Å². The van der Waals surface area contributed by atoms with Gasteiger partial charge in [-0.2, -0.15) is 4.98 Å². The van der Waals surface area contributed by atoms with Crippen LogP contribution in [0.2, 0.25) is 0 Å². The third kappa shape index (κ3) is 3.17. The van der Waals surface area contributed by atoms with Gasteiger partial charge >= 0.3 is 0 Å². The molecule has 2 aromatic heterocycles. The number of unbranched alkanes of at least 4 members (excludes halogenated alkanes) is 1. The zero-order chi connectivity index (χ0) is 17.1. The molecular weight excluding hydrogens is 306 g/mol. The maximum atomic E-state index is 12.6. The van der Waals surface area contributed by atoms with Crippen LogP contribution in [-0.2, 0) is 20.0 Å². The van der Waals surface area contributed by atoms with Crippen LogP contribution in [-0.4, -0.2) is 43.4 Å². The van der Waals surface area contributed by atoms with Crippen LogP contribution in [0.25, 0.3) is 0 Å². The van der Waals surface area contributed by atoms with Crippen molar-refractivity contribution in [3.8, 4) is 0 Å². The number of rotatable bonds is 5. The summed E-state index contributed by atoms with van der Waals surface area (Å²) in [6.07, 6.45) is 6.28. The molecule has 0 radical (unpaired) electrons. The fraction of sp³-hybridized carbons (Fsp3) is 0.500. The summed E-state index contributed by atoms with van der Waals surface area (Å²) < 4.78 is 1.73. The molecule has 0 bridgehead atoms. The Balaban J connectivity index is 1.80. The number of amides is 1. The molecule has 1 aliphatic rings. The van der Waals surface area contributed by atoms with E-state index in [-0.39, 0.29) is 11.9 Å². The number of carbonyl (C=O) groups excluding carboxylic acids is 1. The van der Waals surface area contributed by atoms with E-state index < -0.39 is 0 Å². The Bertz CT molecular complexity index is 740. The molecule has 0 spiro atoms. The lowest BCUT2D eigenvalue weighted by Crippen LogP contribution is -2.38. The number of carbonyl (C=O) groups is 1. The number of nitrogens with zero attached hydrogens (tertiary/aromatic N) is 5. The number of aromatic nitrogens is 4. The van der Waals surface area contributed by atoms with E-state index in [0.29, 0.717) is 25.3 Å². The average molecular weight is 329 g/mol. The molecule has 0 saturated carbocycles. The Kier molecular flexibility index (Phi) is 4.64. The van der Waals surface area contributed by atoms with Gasteiger partial charge in [-0.3, -0.25) is 4.79 Å². The number of anilines is 2. The number of imidazole rings is 1. The minimum Gasteiger partial charge on any atom is -0.370 e. The Labute approximate surface area is 141 Å². The van der Waals surface area contributed by atoms with Crippen LogP contribution >= 0.6 is 0 Å². The summed E-state index contributed by atoms with van der Waals surface area (Å²) in [5.41, 5.74) is 7.72. The highest BCUT2D eigenvalue weighted by molar-refractivity contribution is 5.91. The summed E-state index contributed by atoms with van der Waals surface area (Å²) in [6.45, 7) is 4.05. The molecule has 1 amide bonds. The Morgan fingerprint density at radius 2 is 2.25 bits per heavy atom. The van der Waals surface area contributed by atoms with Crippen molar-refractivity contribution in [3.05, 3.63) is 29.5 Å². The molecule has 0 aromatic carbocycles. The molecule has 8 heteroatoms. The summed E-state index contributed by atoms with van der Waals surface area (Å²) in [4.78, 5) is 27.2. The Morgan fingerprint density at radius 1 is 1.42 bits per heavy atom. The minimum absolute atomic E-state index is 0.0918. The van der Waals surface area contributed by atoms with Crippen molar-refractivity contribution in [1.29, 1.82) is 0 Å². The van der Waals surface area contributed by atoms with Gasteiger partial charge in [0.2, 0.25) is 5.95 Å². The summed E-state index contributed by atoms with van der Waals surface area (Å²) in [5, 5.41) is 3.34. The van der Waals surface area contributed by atoms with Crippen LogP contribution in [0.1, 0.15) is 41.6 Å². The van der Waals surface area contributed by atoms with Gasteiger partial charge in [-0.05, 0) is 12.8 Å². The fourth-order valence-electron chi connectivity index (χ4n) is 2.87. The lowest BCUT2D eigenvalue weighted by atomic mass is 10.1. The van der Waals surface area contributed by atoms with Gasteiger partial charge in [0.15, 0.2) is 5.82 Å². The van der Waals surface area contributed by atoms with E-state index in [1.54, 1.807) is 21.9 Å². The highest BCUT2D eigenvalue weighted by Gasteiger charge is 2.27. The van der Waals surface area contributed by atoms with Gasteiger partial charge in [-0.25, -0.2) is 9.97 Å². The molecule has 128 valence electrons. The first kappa shape index (κ1) is 16.2. The van der Waals surface area contributed by atoms with E-state index in [4.69, 9.17) is 5.73 Å². The Hall–Kier alpha value is -2.64. The molecule has 0 unspecified atom stereocenters. The van der Waals surface area contributed by atoms with Crippen molar-refractivity contribution in [2.24, 2.45) is 7.05 Å². The normalized spacial score (nSPS) is 13.7. The molecule has 0 fully saturated rings. The van der Waals surface area contributed by atoms with E-state index in [9.17, 15) is 4.79 Å². The standard InChI is InChI=1S/C16H23N7O/c1-3-4-6-18-13-11-5-8-23(10-12(11)20-16(17)21-13)15(24)14-19-7-9-22(14)2/h7,9H,3-6,8,10H2,1-2H3,(H3,17,18,20,21). The molecule has 0 aliphatic carbocycles. The van der Waals surface area contributed by atoms with Crippen LogP contribution in [0.5, 0.6) is 0 Å². The van der Waals surface area contributed by atoms with Crippen molar-refractivity contribution in [2.75, 3.05) is 24.1 Å². The predicted molar refractivity (Wildman–Crippen MR) is 91.5 cm³/mol. The monoisotopic (exact) mass is 329 g/mol. The summed E-state index contributed by atoms with van der Waals surface area (Å²) in [5.74, 6) is 1.38. The first-order valence-corrected chi connectivity index (χ1v) is 8.26. The maximum Gasteiger partial charge on any atom is 0.290 e. The van der Waals surface area contributed by atoms with Crippen LogP contribution in [0, 0.1) is 0 Å². The molecule has 8 nitrogen and oxygen atoms in total. The number of aryl methyl sites for hydroxylation is 1. The van der Waals surface area contributed by atoms with Crippen LogP contribution in [0.3, 0.4) is 0 Å².